The fourth-order valence-electron chi connectivity index (χ4n) is 3.12. The van der Waals surface area contributed by atoms with E-state index < -0.39 is 0 Å². The van der Waals surface area contributed by atoms with E-state index in [0.717, 1.165) is 32.9 Å². The molecule has 4 aromatic rings. The second kappa shape index (κ2) is 6.41. The number of nitrogens with zero attached hydrogens (tertiary/aromatic N) is 1. The number of carbonyl (C=O) groups is 1. The quantitative estimate of drug-likeness (QED) is 0.515. The Kier molecular flexibility index (Phi) is 3.93. The lowest BCUT2D eigenvalue weighted by Gasteiger charge is -2.20. The Hall–Kier alpha value is -3.53. The fourth-order valence-corrected chi connectivity index (χ4v) is 3.12. The van der Waals surface area contributed by atoms with Gasteiger partial charge in [0.1, 0.15) is 5.75 Å². The zero-order valence-corrected chi connectivity index (χ0v) is 14.3. The van der Waals surface area contributed by atoms with E-state index in [0.29, 0.717) is 0 Å². The summed E-state index contributed by atoms with van der Waals surface area (Å²) in [5.74, 6) is 0.174. The van der Waals surface area contributed by atoms with Gasteiger partial charge in [0.05, 0.1) is 5.69 Å². The molecular weight excluding hydrogens is 324 g/mol. The molecule has 4 aromatic carbocycles. The van der Waals surface area contributed by atoms with Crippen LogP contribution in [0.3, 0.4) is 0 Å². The van der Waals surface area contributed by atoms with Gasteiger partial charge < -0.3 is 10.4 Å². The maximum absolute atomic E-state index is 12.7. The maximum atomic E-state index is 12.7. The predicted molar refractivity (Wildman–Crippen MR) is 107 cm³/mol. The zero-order valence-electron chi connectivity index (χ0n) is 14.3. The second-order valence-electron chi connectivity index (χ2n) is 6.23. The molecule has 0 heterocycles. The summed E-state index contributed by atoms with van der Waals surface area (Å²) in [7, 11) is 1.72. The number of carbonyl (C=O) groups excluding carboxylic acids is 1. The first-order valence-electron chi connectivity index (χ1n) is 8.37. The maximum Gasteiger partial charge on any atom is 0.326 e. The summed E-state index contributed by atoms with van der Waals surface area (Å²) in [5, 5.41) is 16.7. The number of phenolic OH excluding ortho intramolecular Hbond substituents is 1. The predicted octanol–water partition coefficient (Wildman–Crippen LogP) is 5.37. The molecule has 128 valence electrons. The Labute approximate surface area is 151 Å². The number of fused-ring (bicyclic) bond motifs is 2. The highest BCUT2D eigenvalue weighted by Crippen LogP contribution is 2.29. The van der Waals surface area contributed by atoms with Crippen LogP contribution in [-0.2, 0) is 0 Å². The first-order valence-corrected chi connectivity index (χ1v) is 8.37. The molecule has 0 saturated heterocycles. The van der Waals surface area contributed by atoms with E-state index in [1.807, 2.05) is 66.7 Å². The minimum absolute atomic E-state index is 0.174. The first kappa shape index (κ1) is 16.0. The second-order valence-corrected chi connectivity index (χ2v) is 6.23. The highest BCUT2D eigenvalue weighted by Gasteiger charge is 2.14. The Morgan fingerprint density at radius 1 is 0.846 bits per heavy atom. The number of rotatable bonds is 2. The van der Waals surface area contributed by atoms with Crippen LogP contribution in [0.15, 0.2) is 78.9 Å². The molecule has 0 atom stereocenters. The van der Waals surface area contributed by atoms with Gasteiger partial charge >= 0.3 is 6.03 Å². The zero-order chi connectivity index (χ0) is 18.1. The molecule has 0 bridgehead atoms. The molecule has 26 heavy (non-hydrogen) atoms. The summed E-state index contributed by atoms with van der Waals surface area (Å²) >= 11 is 0. The van der Waals surface area contributed by atoms with Crippen LogP contribution in [0.5, 0.6) is 5.75 Å². The minimum Gasteiger partial charge on any atom is -0.508 e. The summed E-state index contributed by atoms with van der Waals surface area (Å²) in [6.45, 7) is 0. The van der Waals surface area contributed by atoms with Gasteiger partial charge in [-0.25, -0.2) is 4.79 Å². The van der Waals surface area contributed by atoms with Crippen LogP contribution in [0.4, 0.5) is 16.2 Å². The van der Waals surface area contributed by atoms with E-state index in [4.69, 9.17) is 0 Å². The van der Waals surface area contributed by atoms with Crippen LogP contribution in [-0.4, -0.2) is 18.2 Å². The largest absolute Gasteiger partial charge is 0.508 e. The van der Waals surface area contributed by atoms with Crippen molar-refractivity contribution in [3.05, 3.63) is 78.9 Å². The number of hydrogen-bond acceptors (Lipinski definition) is 2. The SMILES string of the molecule is CN(C(=O)Nc1ccc2ccccc2c1)c1cccc2ccc(O)cc12. The Bertz CT molecular complexity index is 1120. The Morgan fingerprint density at radius 3 is 2.42 bits per heavy atom. The lowest BCUT2D eigenvalue weighted by atomic mass is 10.1. The van der Waals surface area contributed by atoms with Crippen molar-refractivity contribution in [2.45, 2.75) is 0 Å². The van der Waals surface area contributed by atoms with Gasteiger partial charge in [0.15, 0.2) is 0 Å². The number of hydrogen-bond donors (Lipinski definition) is 2. The van der Waals surface area contributed by atoms with Crippen molar-refractivity contribution in [3.8, 4) is 5.75 Å². The molecule has 0 unspecified atom stereocenters. The van der Waals surface area contributed by atoms with E-state index in [-0.39, 0.29) is 11.8 Å². The molecule has 4 heteroatoms. The number of amides is 2. The average Bonchev–Trinajstić information content (AvgIpc) is 2.66. The normalized spacial score (nSPS) is 10.8. The molecule has 4 rings (SSSR count). The third-order valence-corrected chi connectivity index (χ3v) is 4.51. The van der Waals surface area contributed by atoms with Crippen molar-refractivity contribution >= 4 is 39.0 Å². The molecule has 2 N–H and O–H groups in total. The third kappa shape index (κ3) is 2.93. The standard InChI is InChI=1S/C22H18N2O2/c1-24(21-8-4-7-16-10-12-19(25)14-20(16)21)22(26)23-18-11-9-15-5-2-3-6-17(15)13-18/h2-14,25H,1H3,(H,23,26). The van der Waals surface area contributed by atoms with E-state index in [2.05, 4.69) is 5.32 Å². The lowest BCUT2D eigenvalue weighted by molar-refractivity contribution is 0.258. The summed E-state index contributed by atoms with van der Waals surface area (Å²) < 4.78 is 0. The van der Waals surface area contributed by atoms with E-state index >= 15 is 0 Å². The number of benzene rings is 4. The number of anilines is 2. The van der Waals surface area contributed by atoms with Crippen molar-refractivity contribution < 1.29 is 9.90 Å². The van der Waals surface area contributed by atoms with Crippen molar-refractivity contribution in [1.82, 2.24) is 0 Å². The Morgan fingerprint density at radius 2 is 1.58 bits per heavy atom. The van der Waals surface area contributed by atoms with Gasteiger partial charge in [-0.2, -0.15) is 0 Å². The first-order chi connectivity index (χ1) is 12.6. The van der Waals surface area contributed by atoms with Gasteiger partial charge in [-0.1, -0.05) is 48.5 Å². The molecule has 0 aliphatic heterocycles. The van der Waals surface area contributed by atoms with E-state index in [1.165, 1.54) is 0 Å². The Balaban J connectivity index is 1.64. The van der Waals surface area contributed by atoms with Crippen molar-refractivity contribution in [3.63, 3.8) is 0 Å². The van der Waals surface area contributed by atoms with Crippen LogP contribution >= 0.6 is 0 Å². The number of urea groups is 1. The molecule has 0 radical (unpaired) electrons. The number of nitrogens with one attached hydrogen (secondary N) is 1. The summed E-state index contributed by atoms with van der Waals surface area (Å²) in [6.07, 6.45) is 0. The lowest BCUT2D eigenvalue weighted by Crippen LogP contribution is -2.31. The van der Waals surface area contributed by atoms with Crippen LogP contribution in [0, 0.1) is 0 Å². The van der Waals surface area contributed by atoms with E-state index in [9.17, 15) is 9.90 Å². The van der Waals surface area contributed by atoms with Crippen LogP contribution in [0.1, 0.15) is 0 Å². The topological polar surface area (TPSA) is 52.6 Å². The van der Waals surface area contributed by atoms with Gasteiger partial charge in [0, 0.05) is 18.1 Å². The molecule has 0 aliphatic rings. The summed E-state index contributed by atoms with van der Waals surface area (Å²) in [6, 6.07) is 24.5. The van der Waals surface area contributed by atoms with Crippen molar-refractivity contribution in [2.24, 2.45) is 0 Å². The molecule has 4 nitrogen and oxygen atoms in total. The number of aromatic hydroxyl groups is 1. The smallest absolute Gasteiger partial charge is 0.326 e. The fraction of sp³-hybridized carbons (Fsp3) is 0.0455. The van der Waals surface area contributed by atoms with Gasteiger partial charge in [-0.3, -0.25) is 4.90 Å². The molecule has 2 amide bonds. The number of phenols is 1. The molecule has 0 fully saturated rings. The van der Waals surface area contributed by atoms with Gasteiger partial charge in [-0.05, 0) is 46.5 Å². The van der Waals surface area contributed by atoms with Crippen LogP contribution < -0.4 is 10.2 Å². The van der Waals surface area contributed by atoms with Crippen LogP contribution in [0.2, 0.25) is 0 Å². The molecule has 0 spiro atoms. The molecule has 0 saturated carbocycles. The molecule has 0 aliphatic carbocycles. The van der Waals surface area contributed by atoms with Gasteiger partial charge in [-0.15, -0.1) is 0 Å². The molecular formula is C22H18N2O2. The van der Waals surface area contributed by atoms with Gasteiger partial charge in [0.25, 0.3) is 0 Å². The highest BCUT2D eigenvalue weighted by molar-refractivity contribution is 6.08. The molecule has 0 aromatic heterocycles. The summed E-state index contributed by atoms with van der Waals surface area (Å²) in [4.78, 5) is 14.3. The summed E-state index contributed by atoms with van der Waals surface area (Å²) in [5.41, 5.74) is 1.47. The third-order valence-electron chi connectivity index (χ3n) is 4.51. The van der Waals surface area contributed by atoms with Crippen molar-refractivity contribution in [2.75, 3.05) is 17.3 Å². The monoisotopic (exact) mass is 342 g/mol. The average molecular weight is 342 g/mol. The van der Waals surface area contributed by atoms with Crippen molar-refractivity contribution in [1.29, 1.82) is 0 Å². The highest BCUT2D eigenvalue weighted by atomic mass is 16.3. The van der Waals surface area contributed by atoms with E-state index in [1.54, 1.807) is 24.1 Å². The minimum atomic E-state index is -0.240. The van der Waals surface area contributed by atoms with Gasteiger partial charge in [0.2, 0.25) is 0 Å². The van der Waals surface area contributed by atoms with Crippen LogP contribution in [0.25, 0.3) is 21.5 Å².